The summed E-state index contributed by atoms with van der Waals surface area (Å²) in [5.41, 5.74) is 0.639. The molecule has 2 amide bonds. The molecule has 1 aliphatic rings. The van der Waals surface area contributed by atoms with Crippen molar-refractivity contribution in [1.82, 2.24) is 0 Å². The number of carbonyl (C=O) groups is 2. The molecule has 1 atom stereocenters. The van der Waals surface area contributed by atoms with E-state index < -0.39 is 10.8 Å². The molecule has 1 fully saturated rings. The van der Waals surface area contributed by atoms with Crippen molar-refractivity contribution in [3.8, 4) is 0 Å². The van der Waals surface area contributed by atoms with Crippen molar-refractivity contribution in [2.45, 2.75) is 6.42 Å². The number of nitrogens with zero attached hydrogens (tertiary/aromatic N) is 2. The first-order valence-electron chi connectivity index (χ1n) is 7.66. The van der Waals surface area contributed by atoms with Gasteiger partial charge < -0.3 is 10.2 Å². The van der Waals surface area contributed by atoms with Gasteiger partial charge in [-0.15, -0.1) is 0 Å². The second-order valence-corrected chi connectivity index (χ2v) is 6.64. The highest BCUT2D eigenvalue weighted by molar-refractivity contribution is 6.35. The Morgan fingerprint density at radius 2 is 2.00 bits per heavy atom. The van der Waals surface area contributed by atoms with Gasteiger partial charge in [0.15, 0.2) is 0 Å². The van der Waals surface area contributed by atoms with Crippen molar-refractivity contribution in [3.05, 3.63) is 62.6 Å². The van der Waals surface area contributed by atoms with E-state index in [1.165, 1.54) is 29.2 Å². The molecular weight excluding hydrogens is 381 g/mol. The van der Waals surface area contributed by atoms with Crippen molar-refractivity contribution in [3.63, 3.8) is 0 Å². The lowest BCUT2D eigenvalue weighted by atomic mass is 10.1. The first kappa shape index (κ1) is 18.2. The molecule has 26 heavy (non-hydrogen) atoms. The van der Waals surface area contributed by atoms with Gasteiger partial charge in [-0.05, 0) is 24.3 Å². The highest BCUT2D eigenvalue weighted by atomic mass is 35.5. The summed E-state index contributed by atoms with van der Waals surface area (Å²) in [7, 11) is 0. The molecule has 2 aromatic rings. The summed E-state index contributed by atoms with van der Waals surface area (Å²) in [5, 5.41) is 14.3. The number of non-ortho nitro benzene ring substituents is 1. The van der Waals surface area contributed by atoms with Crippen molar-refractivity contribution in [2.24, 2.45) is 5.92 Å². The van der Waals surface area contributed by atoms with Crippen molar-refractivity contribution < 1.29 is 14.5 Å². The molecular formula is C17H13Cl2N3O4. The van der Waals surface area contributed by atoms with Crippen molar-refractivity contribution in [1.29, 1.82) is 0 Å². The molecule has 2 aromatic carbocycles. The Morgan fingerprint density at radius 3 is 2.73 bits per heavy atom. The van der Waals surface area contributed by atoms with Gasteiger partial charge in [0.25, 0.3) is 5.69 Å². The molecule has 0 radical (unpaired) electrons. The third kappa shape index (κ3) is 3.79. The number of amides is 2. The Labute approximate surface area is 158 Å². The van der Waals surface area contributed by atoms with Gasteiger partial charge >= 0.3 is 0 Å². The predicted octanol–water partition coefficient (Wildman–Crippen LogP) is 3.89. The molecule has 1 heterocycles. The second-order valence-electron chi connectivity index (χ2n) is 5.80. The molecule has 1 aliphatic heterocycles. The minimum atomic E-state index is -0.600. The molecule has 134 valence electrons. The van der Waals surface area contributed by atoms with E-state index >= 15 is 0 Å². The molecule has 7 nitrogen and oxygen atoms in total. The van der Waals surface area contributed by atoms with Crippen LogP contribution < -0.4 is 10.2 Å². The van der Waals surface area contributed by atoms with Gasteiger partial charge in [0.1, 0.15) is 0 Å². The van der Waals surface area contributed by atoms with Gasteiger partial charge in [0.05, 0.1) is 27.2 Å². The summed E-state index contributed by atoms with van der Waals surface area (Å²) in [5.74, 6) is -1.24. The fourth-order valence-electron chi connectivity index (χ4n) is 2.74. The first-order valence-corrected chi connectivity index (χ1v) is 8.41. The number of hydrogen-bond donors (Lipinski definition) is 1. The summed E-state index contributed by atoms with van der Waals surface area (Å²) >= 11 is 11.9. The maximum atomic E-state index is 12.5. The van der Waals surface area contributed by atoms with E-state index in [1.807, 2.05) is 0 Å². The molecule has 0 aliphatic carbocycles. The predicted molar refractivity (Wildman–Crippen MR) is 98.6 cm³/mol. The molecule has 9 heteroatoms. The lowest BCUT2D eigenvalue weighted by Crippen LogP contribution is -2.28. The molecule has 0 spiro atoms. The monoisotopic (exact) mass is 393 g/mol. The van der Waals surface area contributed by atoms with Gasteiger partial charge in [0, 0.05) is 30.1 Å². The normalized spacial score (nSPS) is 16.6. The maximum Gasteiger partial charge on any atom is 0.271 e. The quantitative estimate of drug-likeness (QED) is 0.629. The lowest BCUT2D eigenvalue weighted by Gasteiger charge is -2.16. The van der Waals surface area contributed by atoms with Crippen LogP contribution in [0, 0.1) is 16.0 Å². The van der Waals surface area contributed by atoms with Crippen LogP contribution in [0.4, 0.5) is 17.1 Å². The standard InChI is InChI=1S/C17H13Cl2N3O4/c18-11-4-5-14(19)15(7-11)20-17(24)10-6-16(23)21(9-10)12-2-1-3-13(8-12)22(25)26/h1-5,7-8,10H,6,9H2,(H,20,24)/t10-/m0/s1. The largest absolute Gasteiger partial charge is 0.324 e. The Balaban J connectivity index is 1.75. The van der Waals surface area contributed by atoms with E-state index in [0.717, 1.165) is 0 Å². The molecule has 1 saturated heterocycles. The SMILES string of the molecule is O=C(Nc1cc(Cl)ccc1Cl)[C@H]1CC(=O)N(c2cccc([N+](=O)[O-])c2)C1. The number of nitro groups is 1. The number of hydrogen-bond acceptors (Lipinski definition) is 4. The topological polar surface area (TPSA) is 92.6 Å². The molecule has 0 unspecified atom stereocenters. The van der Waals surface area contributed by atoms with Crippen LogP contribution in [0.5, 0.6) is 0 Å². The summed E-state index contributed by atoms with van der Waals surface area (Å²) in [6, 6.07) is 10.4. The lowest BCUT2D eigenvalue weighted by molar-refractivity contribution is -0.384. The number of benzene rings is 2. The number of nitrogens with one attached hydrogen (secondary N) is 1. The van der Waals surface area contributed by atoms with E-state index in [9.17, 15) is 19.7 Å². The summed E-state index contributed by atoms with van der Waals surface area (Å²) in [6.45, 7) is 0.129. The minimum absolute atomic E-state index is 0.00666. The van der Waals surface area contributed by atoms with Crippen molar-refractivity contribution in [2.75, 3.05) is 16.8 Å². The third-order valence-corrected chi connectivity index (χ3v) is 4.60. The van der Waals surface area contributed by atoms with Crippen molar-refractivity contribution >= 4 is 52.1 Å². The van der Waals surface area contributed by atoms with Gasteiger partial charge in [-0.2, -0.15) is 0 Å². The fraction of sp³-hybridized carbons (Fsp3) is 0.176. The van der Waals surface area contributed by atoms with E-state index in [1.54, 1.807) is 18.2 Å². The molecule has 1 N–H and O–H groups in total. The third-order valence-electron chi connectivity index (χ3n) is 4.03. The van der Waals surface area contributed by atoms with E-state index in [2.05, 4.69) is 5.32 Å². The number of anilines is 2. The summed E-state index contributed by atoms with van der Waals surface area (Å²) < 4.78 is 0. The van der Waals surface area contributed by atoms with Crippen LogP contribution in [0.3, 0.4) is 0 Å². The van der Waals surface area contributed by atoms with Gasteiger partial charge in [-0.1, -0.05) is 29.3 Å². The zero-order chi connectivity index (χ0) is 18.8. The fourth-order valence-corrected chi connectivity index (χ4v) is 3.07. The van der Waals surface area contributed by atoms with Crippen LogP contribution in [0.2, 0.25) is 10.0 Å². The van der Waals surface area contributed by atoms with Crippen LogP contribution in [0.1, 0.15) is 6.42 Å². The zero-order valence-electron chi connectivity index (χ0n) is 13.3. The Kier molecular flexibility index (Phi) is 5.11. The van der Waals surface area contributed by atoms with Gasteiger partial charge in [-0.3, -0.25) is 19.7 Å². The van der Waals surface area contributed by atoms with E-state index in [-0.39, 0.29) is 30.5 Å². The van der Waals surface area contributed by atoms with Crippen LogP contribution in [0.25, 0.3) is 0 Å². The molecule has 0 saturated carbocycles. The van der Waals surface area contributed by atoms with Gasteiger partial charge in [0.2, 0.25) is 11.8 Å². The second kappa shape index (κ2) is 7.31. The first-order chi connectivity index (χ1) is 12.3. The smallest absolute Gasteiger partial charge is 0.271 e. The number of halogens is 2. The number of rotatable bonds is 4. The van der Waals surface area contributed by atoms with E-state index in [0.29, 0.717) is 21.4 Å². The number of carbonyl (C=O) groups excluding carboxylic acids is 2. The molecule has 3 rings (SSSR count). The van der Waals surface area contributed by atoms with Crippen LogP contribution in [-0.2, 0) is 9.59 Å². The Hall–Kier alpha value is -2.64. The highest BCUT2D eigenvalue weighted by Crippen LogP contribution is 2.30. The Morgan fingerprint density at radius 1 is 1.23 bits per heavy atom. The van der Waals surface area contributed by atoms with Gasteiger partial charge in [-0.25, -0.2) is 0 Å². The molecule has 0 aromatic heterocycles. The van der Waals surface area contributed by atoms with Crippen LogP contribution in [-0.4, -0.2) is 23.3 Å². The Bertz CT molecular complexity index is 903. The average molecular weight is 394 g/mol. The maximum absolute atomic E-state index is 12.5. The summed E-state index contributed by atoms with van der Waals surface area (Å²) in [6.07, 6.45) is 0.00666. The number of nitro benzene ring substituents is 1. The van der Waals surface area contributed by atoms with Crippen LogP contribution >= 0.6 is 23.2 Å². The van der Waals surface area contributed by atoms with E-state index in [4.69, 9.17) is 23.2 Å². The average Bonchev–Trinajstić information content (AvgIpc) is 3.00. The molecule has 0 bridgehead atoms. The van der Waals surface area contributed by atoms with Crippen LogP contribution in [0.15, 0.2) is 42.5 Å². The summed E-state index contributed by atoms with van der Waals surface area (Å²) in [4.78, 5) is 36.5. The minimum Gasteiger partial charge on any atom is -0.324 e. The zero-order valence-corrected chi connectivity index (χ0v) is 14.8. The highest BCUT2D eigenvalue weighted by Gasteiger charge is 2.35.